The molecule has 48 valence electrons. The molecule has 0 saturated carbocycles. The third-order valence-corrected chi connectivity index (χ3v) is 1.11. The lowest BCUT2D eigenvalue weighted by Gasteiger charge is -1.98. The number of hydrogen-bond donors (Lipinski definition) is 0. The second-order valence-electron chi connectivity index (χ2n) is 1.47. The molecule has 0 fully saturated rings. The molecular weight excluding hydrogens is 162 g/mol. The van der Waals surface area contributed by atoms with E-state index in [4.69, 9.17) is 31.0 Å². The summed E-state index contributed by atoms with van der Waals surface area (Å²) in [6, 6.07) is 0. The lowest BCUT2D eigenvalue weighted by molar-refractivity contribution is -0.116. The fraction of sp³-hybridized carbons (Fsp3) is 0.500. The summed E-state index contributed by atoms with van der Waals surface area (Å²) in [5.74, 6) is -0.961. The molecule has 0 aromatic rings. The Hall–Kier alpha value is -0.0151. The van der Waals surface area contributed by atoms with Gasteiger partial charge in [-0.1, -0.05) is 0 Å². The maximum Gasteiger partial charge on any atom is 0.221 e. The van der Waals surface area contributed by atoms with Gasteiger partial charge in [0.2, 0.25) is 10.5 Å². The molecule has 0 rings (SSSR count). The molecule has 2 radical (unpaired) electrons. The normalized spacial score (nSPS) is 12.7. The molecular formula is C4H3BCl2O2. The standard InChI is InChI=1S/C4H3BCl2O2/c5-2(4(7)9)1-3(6)8/h2H,1H2. The Bertz CT molecular complexity index is 137. The molecule has 0 spiro atoms. The van der Waals surface area contributed by atoms with Crippen molar-refractivity contribution in [1.82, 2.24) is 0 Å². The smallest absolute Gasteiger partial charge is 0.221 e. The maximum absolute atomic E-state index is 10.1. The number of carbonyl (C=O) groups is 2. The van der Waals surface area contributed by atoms with Gasteiger partial charge in [0.05, 0.1) is 7.85 Å². The van der Waals surface area contributed by atoms with E-state index in [1.807, 2.05) is 0 Å². The molecule has 0 N–H and O–H groups in total. The van der Waals surface area contributed by atoms with Crippen molar-refractivity contribution in [1.29, 1.82) is 0 Å². The first-order chi connectivity index (χ1) is 4.04. The SMILES string of the molecule is [B]C(CC(=O)Cl)C(=O)Cl. The van der Waals surface area contributed by atoms with Crippen LogP contribution in [0.2, 0.25) is 5.82 Å². The Balaban J connectivity index is 3.63. The second kappa shape index (κ2) is 3.91. The monoisotopic (exact) mass is 164 g/mol. The summed E-state index contributed by atoms with van der Waals surface area (Å²) < 4.78 is 0. The zero-order valence-corrected chi connectivity index (χ0v) is 5.95. The van der Waals surface area contributed by atoms with Crippen molar-refractivity contribution in [2.45, 2.75) is 12.2 Å². The number of rotatable bonds is 3. The van der Waals surface area contributed by atoms with Gasteiger partial charge in [0.25, 0.3) is 0 Å². The number of halogens is 2. The molecule has 9 heavy (non-hydrogen) atoms. The van der Waals surface area contributed by atoms with Crippen LogP contribution in [0.25, 0.3) is 0 Å². The summed E-state index contributed by atoms with van der Waals surface area (Å²) in [4.78, 5) is 20.1. The van der Waals surface area contributed by atoms with E-state index in [2.05, 4.69) is 0 Å². The zero-order valence-electron chi connectivity index (χ0n) is 4.43. The van der Waals surface area contributed by atoms with Gasteiger partial charge in [-0.05, 0) is 23.2 Å². The van der Waals surface area contributed by atoms with E-state index in [-0.39, 0.29) is 6.42 Å². The van der Waals surface area contributed by atoms with E-state index in [9.17, 15) is 9.59 Å². The van der Waals surface area contributed by atoms with Crippen molar-refractivity contribution >= 4 is 41.5 Å². The predicted octanol–water partition coefficient (Wildman–Crippen LogP) is 0.864. The van der Waals surface area contributed by atoms with Gasteiger partial charge in [-0.2, -0.15) is 0 Å². The molecule has 0 bridgehead atoms. The third kappa shape index (κ3) is 4.49. The van der Waals surface area contributed by atoms with Gasteiger partial charge in [0, 0.05) is 12.2 Å². The van der Waals surface area contributed by atoms with Gasteiger partial charge in [-0.15, -0.1) is 0 Å². The van der Waals surface area contributed by atoms with Crippen LogP contribution in [0.3, 0.4) is 0 Å². The van der Waals surface area contributed by atoms with Gasteiger partial charge < -0.3 is 0 Å². The first-order valence-corrected chi connectivity index (χ1v) is 2.93. The molecule has 1 atom stereocenters. The lowest BCUT2D eigenvalue weighted by atomic mass is 9.86. The van der Waals surface area contributed by atoms with Crippen LogP contribution in [0.4, 0.5) is 0 Å². The van der Waals surface area contributed by atoms with Gasteiger partial charge in [0.15, 0.2) is 0 Å². The van der Waals surface area contributed by atoms with Crippen LogP contribution >= 0.6 is 23.2 Å². The average Bonchev–Trinajstić information content (AvgIpc) is 1.63. The van der Waals surface area contributed by atoms with Crippen LogP contribution in [-0.4, -0.2) is 18.3 Å². The van der Waals surface area contributed by atoms with E-state index in [0.29, 0.717) is 0 Å². The van der Waals surface area contributed by atoms with Crippen molar-refractivity contribution in [2.24, 2.45) is 0 Å². The highest BCUT2D eigenvalue weighted by molar-refractivity contribution is 6.70. The van der Waals surface area contributed by atoms with Crippen molar-refractivity contribution in [2.75, 3.05) is 0 Å². The van der Waals surface area contributed by atoms with Gasteiger partial charge >= 0.3 is 0 Å². The number of carbonyl (C=O) groups excluding carboxylic acids is 2. The van der Waals surface area contributed by atoms with Crippen molar-refractivity contribution < 1.29 is 9.59 Å². The Labute approximate surface area is 63.9 Å². The summed E-state index contributed by atoms with van der Waals surface area (Å²) in [5, 5.41) is -1.40. The predicted molar refractivity (Wildman–Crippen MR) is 35.8 cm³/mol. The largest absolute Gasteiger partial charge is 0.282 e. The highest BCUT2D eigenvalue weighted by Gasteiger charge is 2.11. The molecule has 0 aromatic carbocycles. The van der Waals surface area contributed by atoms with Gasteiger partial charge in [-0.25, -0.2) is 0 Å². The molecule has 2 nitrogen and oxygen atoms in total. The third-order valence-electron chi connectivity index (χ3n) is 0.672. The molecule has 0 aliphatic carbocycles. The van der Waals surface area contributed by atoms with E-state index in [0.717, 1.165) is 0 Å². The van der Waals surface area contributed by atoms with Gasteiger partial charge in [0.1, 0.15) is 0 Å². The van der Waals surface area contributed by atoms with Crippen molar-refractivity contribution in [3.63, 3.8) is 0 Å². The summed E-state index contributed by atoms with van der Waals surface area (Å²) >= 11 is 9.78. The molecule has 0 aromatic heterocycles. The van der Waals surface area contributed by atoms with Crippen molar-refractivity contribution in [3.05, 3.63) is 0 Å². The lowest BCUT2D eigenvalue weighted by Crippen LogP contribution is -2.04. The van der Waals surface area contributed by atoms with Crippen LogP contribution in [0, 0.1) is 0 Å². The summed E-state index contributed by atoms with van der Waals surface area (Å²) in [5.41, 5.74) is 0. The van der Waals surface area contributed by atoms with Crippen molar-refractivity contribution in [3.8, 4) is 0 Å². The Kier molecular flexibility index (Phi) is 3.90. The molecule has 5 heteroatoms. The second-order valence-corrected chi connectivity index (χ2v) is 2.26. The molecule has 0 saturated heterocycles. The molecule has 0 heterocycles. The summed E-state index contributed by atoms with van der Waals surface area (Å²) in [7, 11) is 5.03. The summed E-state index contributed by atoms with van der Waals surface area (Å²) in [6.45, 7) is 0. The van der Waals surface area contributed by atoms with Crippen LogP contribution < -0.4 is 0 Å². The zero-order chi connectivity index (χ0) is 7.44. The minimum atomic E-state index is -0.961. The first kappa shape index (κ1) is 8.98. The molecule has 0 aliphatic rings. The van der Waals surface area contributed by atoms with Crippen LogP contribution in [0.1, 0.15) is 6.42 Å². The van der Waals surface area contributed by atoms with Crippen LogP contribution in [0.15, 0.2) is 0 Å². The molecule has 1 unspecified atom stereocenters. The van der Waals surface area contributed by atoms with Crippen LogP contribution in [0.5, 0.6) is 0 Å². The Morgan fingerprint density at radius 2 is 1.89 bits per heavy atom. The fourth-order valence-corrected chi connectivity index (χ4v) is 0.497. The minimum absolute atomic E-state index is 0.204. The van der Waals surface area contributed by atoms with E-state index < -0.39 is 16.3 Å². The maximum atomic E-state index is 10.1. The molecule has 0 aliphatic heterocycles. The van der Waals surface area contributed by atoms with Crippen LogP contribution in [-0.2, 0) is 9.59 Å². The Morgan fingerprint density at radius 1 is 1.44 bits per heavy atom. The molecule has 0 amide bonds. The number of hydrogen-bond acceptors (Lipinski definition) is 2. The topological polar surface area (TPSA) is 34.1 Å². The quantitative estimate of drug-likeness (QED) is 0.458. The minimum Gasteiger partial charge on any atom is -0.282 e. The highest BCUT2D eigenvalue weighted by Crippen LogP contribution is 2.10. The summed E-state index contributed by atoms with van der Waals surface area (Å²) in [6.07, 6.45) is -0.204. The Morgan fingerprint density at radius 3 is 2.00 bits per heavy atom. The van der Waals surface area contributed by atoms with E-state index in [1.165, 1.54) is 0 Å². The van der Waals surface area contributed by atoms with E-state index >= 15 is 0 Å². The van der Waals surface area contributed by atoms with E-state index in [1.54, 1.807) is 0 Å². The highest BCUT2D eigenvalue weighted by atomic mass is 35.5. The first-order valence-electron chi connectivity index (χ1n) is 2.17. The average molecular weight is 165 g/mol. The fourth-order valence-electron chi connectivity index (χ4n) is 0.253. The van der Waals surface area contributed by atoms with Gasteiger partial charge in [-0.3, -0.25) is 9.59 Å².